The highest BCUT2D eigenvalue weighted by Crippen LogP contribution is 2.39. The van der Waals surface area contributed by atoms with Crippen LogP contribution in [0.4, 0.5) is 0 Å². The van der Waals surface area contributed by atoms with Crippen molar-refractivity contribution in [3.8, 4) is 0 Å². The van der Waals surface area contributed by atoms with Gasteiger partial charge in [0, 0.05) is 0 Å². The molecule has 0 aliphatic rings. The lowest BCUT2D eigenvalue weighted by atomic mass is 10.0. The van der Waals surface area contributed by atoms with Crippen LogP contribution in [0.1, 0.15) is 239 Å². The van der Waals surface area contributed by atoms with Crippen LogP contribution in [0.2, 0.25) is 0 Å². The molecule has 0 amide bonds. The second-order valence-corrected chi connectivity index (χ2v) is 16.5. The standard InChI is InChI=1S/C40H83P/c1-4-7-10-13-16-17-18-19-20-21-22-23-24-25-26-27-28-29-30-31-34-37-40-41(38-35-32-14-11-8-5-2)39-36-33-15-12-9-6-3/h4-40H2,1-3H3. The lowest BCUT2D eigenvalue weighted by Gasteiger charge is -2.18. The van der Waals surface area contributed by atoms with E-state index in [1.54, 1.807) is 18.5 Å². The van der Waals surface area contributed by atoms with Gasteiger partial charge in [0.2, 0.25) is 0 Å². The van der Waals surface area contributed by atoms with E-state index in [-0.39, 0.29) is 0 Å². The Kier molecular flexibility index (Phi) is 38.9. The van der Waals surface area contributed by atoms with Gasteiger partial charge in [0.15, 0.2) is 0 Å². The summed E-state index contributed by atoms with van der Waals surface area (Å²) < 4.78 is 0. The third-order valence-electron chi connectivity index (χ3n) is 9.48. The van der Waals surface area contributed by atoms with Crippen LogP contribution in [0.25, 0.3) is 0 Å². The summed E-state index contributed by atoms with van der Waals surface area (Å²) in [6, 6.07) is 0. The first-order valence-electron chi connectivity index (χ1n) is 20.1. The van der Waals surface area contributed by atoms with Crippen molar-refractivity contribution in [1.82, 2.24) is 0 Å². The van der Waals surface area contributed by atoms with E-state index in [1.165, 1.54) is 218 Å². The van der Waals surface area contributed by atoms with E-state index in [0.29, 0.717) is 7.92 Å². The van der Waals surface area contributed by atoms with E-state index in [4.69, 9.17) is 0 Å². The molecular weight excluding hydrogens is 511 g/mol. The Morgan fingerprint density at radius 3 is 0.512 bits per heavy atom. The molecule has 0 bridgehead atoms. The zero-order valence-electron chi connectivity index (χ0n) is 29.6. The molecular formula is C40H83P. The Morgan fingerprint density at radius 2 is 0.341 bits per heavy atom. The summed E-state index contributed by atoms with van der Waals surface area (Å²) in [5, 5.41) is 0. The first kappa shape index (κ1) is 41.4. The highest BCUT2D eigenvalue weighted by atomic mass is 31.1. The van der Waals surface area contributed by atoms with Crippen LogP contribution in [0.15, 0.2) is 0 Å². The minimum absolute atomic E-state index is 0.343. The van der Waals surface area contributed by atoms with Gasteiger partial charge in [-0.15, -0.1) is 7.92 Å². The summed E-state index contributed by atoms with van der Waals surface area (Å²) in [6.07, 6.45) is 55.2. The van der Waals surface area contributed by atoms with E-state index in [9.17, 15) is 0 Å². The van der Waals surface area contributed by atoms with Crippen molar-refractivity contribution in [2.75, 3.05) is 18.5 Å². The van der Waals surface area contributed by atoms with E-state index >= 15 is 0 Å². The predicted octanol–water partition coefficient (Wildman–Crippen LogP) is 15.8. The summed E-state index contributed by atoms with van der Waals surface area (Å²) in [5.41, 5.74) is 0. The normalized spacial score (nSPS) is 11.7. The van der Waals surface area contributed by atoms with Gasteiger partial charge in [-0.1, -0.05) is 220 Å². The van der Waals surface area contributed by atoms with Gasteiger partial charge in [-0.2, -0.15) is 0 Å². The maximum atomic E-state index is 2.33. The van der Waals surface area contributed by atoms with Crippen molar-refractivity contribution < 1.29 is 0 Å². The Bertz CT molecular complexity index is 417. The molecule has 0 aromatic carbocycles. The first-order valence-corrected chi connectivity index (χ1v) is 22.0. The minimum atomic E-state index is 0.343. The van der Waals surface area contributed by atoms with Crippen molar-refractivity contribution in [3.05, 3.63) is 0 Å². The van der Waals surface area contributed by atoms with E-state index in [2.05, 4.69) is 20.8 Å². The van der Waals surface area contributed by atoms with Crippen LogP contribution >= 0.6 is 7.92 Å². The van der Waals surface area contributed by atoms with Crippen molar-refractivity contribution >= 4 is 7.92 Å². The quantitative estimate of drug-likeness (QED) is 0.0495. The fourth-order valence-corrected chi connectivity index (χ4v) is 9.19. The van der Waals surface area contributed by atoms with Gasteiger partial charge < -0.3 is 0 Å². The number of hydrogen-bond acceptors (Lipinski definition) is 0. The van der Waals surface area contributed by atoms with Crippen molar-refractivity contribution in [3.63, 3.8) is 0 Å². The van der Waals surface area contributed by atoms with Crippen LogP contribution in [-0.4, -0.2) is 18.5 Å². The molecule has 0 aromatic heterocycles. The molecule has 0 radical (unpaired) electrons. The van der Waals surface area contributed by atoms with Gasteiger partial charge in [0.05, 0.1) is 0 Å². The third-order valence-corrected chi connectivity index (χ3v) is 12.3. The number of hydrogen-bond donors (Lipinski definition) is 0. The van der Waals surface area contributed by atoms with Gasteiger partial charge in [0.1, 0.15) is 0 Å². The molecule has 1 heteroatoms. The maximum absolute atomic E-state index is 2.33. The zero-order valence-corrected chi connectivity index (χ0v) is 30.5. The molecule has 0 aromatic rings. The molecule has 248 valence electrons. The molecule has 0 aliphatic heterocycles. The zero-order chi connectivity index (χ0) is 29.7. The van der Waals surface area contributed by atoms with E-state index in [1.807, 2.05) is 0 Å². The van der Waals surface area contributed by atoms with Gasteiger partial charge >= 0.3 is 0 Å². The summed E-state index contributed by atoms with van der Waals surface area (Å²) in [4.78, 5) is 0. The Hall–Kier alpha value is 0.430. The molecule has 0 saturated carbocycles. The lowest BCUT2D eigenvalue weighted by Crippen LogP contribution is -1.97. The minimum Gasteiger partial charge on any atom is -0.107 e. The maximum Gasteiger partial charge on any atom is -0.0326 e. The van der Waals surface area contributed by atoms with Crippen molar-refractivity contribution in [1.29, 1.82) is 0 Å². The smallest absolute Gasteiger partial charge is 0.0326 e. The van der Waals surface area contributed by atoms with E-state index in [0.717, 1.165) is 0 Å². The van der Waals surface area contributed by atoms with Crippen LogP contribution in [0.3, 0.4) is 0 Å². The molecule has 0 aliphatic carbocycles. The van der Waals surface area contributed by atoms with Crippen molar-refractivity contribution in [2.45, 2.75) is 239 Å². The second-order valence-electron chi connectivity index (χ2n) is 13.8. The van der Waals surface area contributed by atoms with Crippen LogP contribution < -0.4 is 0 Å². The molecule has 0 nitrogen and oxygen atoms in total. The molecule has 0 heterocycles. The molecule has 0 fully saturated rings. The summed E-state index contributed by atoms with van der Waals surface area (Å²) >= 11 is 0. The van der Waals surface area contributed by atoms with Gasteiger partial charge in [0.25, 0.3) is 0 Å². The molecule has 0 N–H and O–H groups in total. The SMILES string of the molecule is CCCCCCCCCCCCCCCCCCCCCCCCP(CCCCCCCC)CCCCCCCC. The second kappa shape index (κ2) is 38.5. The summed E-state index contributed by atoms with van der Waals surface area (Å²) in [6.45, 7) is 6.98. The Morgan fingerprint density at radius 1 is 0.195 bits per heavy atom. The first-order chi connectivity index (χ1) is 20.3. The predicted molar refractivity (Wildman–Crippen MR) is 196 cm³/mol. The molecule has 0 spiro atoms. The van der Waals surface area contributed by atoms with Gasteiger partial charge in [-0.3, -0.25) is 0 Å². The largest absolute Gasteiger partial charge is 0.107 e. The average Bonchev–Trinajstić information content (AvgIpc) is 2.98. The van der Waals surface area contributed by atoms with Gasteiger partial charge in [-0.05, 0) is 37.7 Å². The monoisotopic (exact) mass is 595 g/mol. The fourth-order valence-electron chi connectivity index (χ4n) is 6.51. The fraction of sp³-hybridized carbons (Fsp3) is 1.00. The van der Waals surface area contributed by atoms with Crippen LogP contribution in [0, 0.1) is 0 Å². The summed E-state index contributed by atoms with van der Waals surface area (Å²) in [7, 11) is 0.343. The van der Waals surface area contributed by atoms with Crippen molar-refractivity contribution in [2.24, 2.45) is 0 Å². The highest BCUT2D eigenvalue weighted by Gasteiger charge is 2.08. The van der Waals surface area contributed by atoms with Gasteiger partial charge in [-0.25, -0.2) is 0 Å². The molecule has 0 rings (SSSR count). The summed E-state index contributed by atoms with van der Waals surface area (Å²) in [5.74, 6) is 0. The topological polar surface area (TPSA) is 0 Å². The molecule has 0 atom stereocenters. The Balaban J connectivity index is 3.51. The lowest BCUT2D eigenvalue weighted by molar-refractivity contribution is 0.520. The average molecular weight is 595 g/mol. The molecule has 0 saturated heterocycles. The highest BCUT2D eigenvalue weighted by molar-refractivity contribution is 7.57. The molecule has 41 heavy (non-hydrogen) atoms. The Labute approximate surface area is 264 Å². The van der Waals surface area contributed by atoms with Crippen LogP contribution in [-0.2, 0) is 0 Å². The molecule has 0 unspecified atom stereocenters. The third kappa shape index (κ3) is 36.5. The van der Waals surface area contributed by atoms with Crippen LogP contribution in [0.5, 0.6) is 0 Å². The number of rotatable bonds is 37. The van der Waals surface area contributed by atoms with E-state index < -0.39 is 0 Å². The number of unbranched alkanes of at least 4 members (excludes halogenated alkanes) is 31.